The molecule has 1 aromatic carbocycles. The highest BCUT2D eigenvalue weighted by Gasteiger charge is 2.23. The van der Waals surface area contributed by atoms with Gasteiger partial charge in [-0.15, -0.1) is 11.3 Å². The van der Waals surface area contributed by atoms with Crippen molar-refractivity contribution >= 4 is 17.2 Å². The Morgan fingerprint density at radius 1 is 1.20 bits per heavy atom. The smallest absolute Gasteiger partial charge is 0.224 e. The van der Waals surface area contributed by atoms with Crippen LogP contribution in [0, 0.1) is 0 Å². The van der Waals surface area contributed by atoms with Gasteiger partial charge < -0.3 is 10.1 Å². The van der Waals surface area contributed by atoms with Crippen molar-refractivity contribution in [2.45, 2.75) is 31.7 Å². The number of hydrogen-bond acceptors (Lipinski definition) is 4. The molecule has 1 unspecified atom stereocenters. The van der Waals surface area contributed by atoms with E-state index in [4.69, 9.17) is 4.74 Å². The lowest BCUT2D eigenvalue weighted by atomic mass is 10.1. The van der Waals surface area contributed by atoms with Crippen LogP contribution >= 0.6 is 11.3 Å². The summed E-state index contributed by atoms with van der Waals surface area (Å²) in [6, 6.07) is 12.2. The number of carbonyl (C=O) groups is 1. The van der Waals surface area contributed by atoms with E-state index in [-0.39, 0.29) is 5.91 Å². The maximum atomic E-state index is 12.4. The number of hydrogen-bond donors (Lipinski definition) is 1. The van der Waals surface area contributed by atoms with Gasteiger partial charge in [-0.3, -0.25) is 9.69 Å². The zero-order valence-electron chi connectivity index (χ0n) is 14.7. The minimum atomic E-state index is 0.0729. The number of methoxy groups -OCH3 is 1. The van der Waals surface area contributed by atoms with E-state index < -0.39 is 0 Å². The molecule has 1 amide bonds. The summed E-state index contributed by atoms with van der Waals surface area (Å²) in [7, 11) is 1.65. The van der Waals surface area contributed by atoms with E-state index in [1.54, 1.807) is 18.4 Å². The Bertz CT molecular complexity index is 649. The van der Waals surface area contributed by atoms with E-state index in [0.717, 1.165) is 24.4 Å². The number of piperidine rings is 1. The first-order chi connectivity index (χ1) is 12.3. The second kappa shape index (κ2) is 9.02. The average Bonchev–Trinajstić information content (AvgIpc) is 3.18. The van der Waals surface area contributed by atoms with Gasteiger partial charge in [0, 0.05) is 11.4 Å². The van der Waals surface area contributed by atoms with Crippen molar-refractivity contribution in [1.82, 2.24) is 10.2 Å². The Kier molecular flexibility index (Phi) is 6.48. The van der Waals surface area contributed by atoms with E-state index in [1.165, 1.54) is 24.1 Å². The van der Waals surface area contributed by atoms with Crippen LogP contribution in [-0.4, -0.2) is 37.6 Å². The number of thiophene rings is 1. The van der Waals surface area contributed by atoms with Gasteiger partial charge in [-0.2, -0.15) is 0 Å². The van der Waals surface area contributed by atoms with Crippen molar-refractivity contribution in [1.29, 1.82) is 0 Å². The fourth-order valence-electron chi connectivity index (χ4n) is 3.32. The molecule has 0 spiro atoms. The maximum Gasteiger partial charge on any atom is 0.224 e. The van der Waals surface area contributed by atoms with Crippen LogP contribution in [0.4, 0.5) is 0 Å². The van der Waals surface area contributed by atoms with Crippen molar-refractivity contribution in [2.24, 2.45) is 0 Å². The summed E-state index contributed by atoms with van der Waals surface area (Å²) in [5.41, 5.74) is 1.00. The Balaban J connectivity index is 1.57. The SMILES string of the molecule is COc1ccc(CC(=O)NCC(c2cccs2)N2CCCCC2)cc1. The van der Waals surface area contributed by atoms with E-state index in [9.17, 15) is 4.79 Å². The Morgan fingerprint density at radius 3 is 2.60 bits per heavy atom. The molecule has 1 atom stereocenters. The van der Waals surface area contributed by atoms with Crippen LogP contribution in [0.1, 0.15) is 35.7 Å². The highest BCUT2D eigenvalue weighted by atomic mass is 32.1. The topological polar surface area (TPSA) is 41.6 Å². The molecule has 2 aromatic rings. The molecule has 0 saturated carbocycles. The lowest BCUT2D eigenvalue weighted by Gasteiger charge is -2.34. The number of ether oxygens (including phenoxy) is 1. The first-order valence-corrected chi connectivity index (χ1v) is 9.81. The van der Waals surface area contributed by atoms with E-state index in [2.05, 4.69) is 27.7 Å². The third kappa shape index (κ3) is 5.06. The largest absolute Gasteiger partial charge is 0.497 e. The first-order valence-electron chi connectivity index (χ1n) is 8.93. The molecule has 0 aliphatic carbocycles. The van der Waals surface area contributed by atoms with E-state index in [0.29, 0.717) is 19.0 Å². The van der Waals surface area contributed by atoms with Gasteiger partial charge in [-0.1, -0.05) is 24.6 Å². The third-order valence-corrected chi connectivity index (χ3v) is 5.69. The lowest BCUT2D eigenvalue weighted by Crippen LogP contribution is -2.40. The van der Waals surface area contributed by atoms with Gasteiger partial charge in [0.15, 0.2) is 0 Å². The zero-order chi connectivity index (χ0) is 17.5. The molecule has 1 saturated heterocycles. The van der Waals surface area contributed by atoms with E-state index in [1.807, 2.05) is 24.3 Å². The molecule has 1 N–H and O–H groups in total. The fourth-order valence-corrected chi connectivity index (χ4v) is 4.18. The summed E-state index contributed by atoms with van der Waals surface area (Å²) in [6.45, 7) is 2.92. The molecule has 1 fully saturated rings. The number of amides is 1. The summed E-state index contributed by atoms with van der Waals surface area (Å²) in [6.07, 6.45) is 4.22. The summed E-state index contributed by atoms with van der Waals surface area (Å²) >= 11 is 1.78. The number of rotatable bonds is 7. The molecule has 3 rings (SSSR count). The van der Waals surface area contributed by atoms with Gasteiger partial charge in [0.05, 0.1) is 19.6 Å². The molecule has 2 heterocycles. The number of likely N-dealkylation sites (tertiary alicyclic amines) is 1. The van der Waals surface area contributed by atoms with Crippen molar-refractivity contribution in [2.75, 3.05) is 26.7 Å². The van der Waals surface area contributed by atoms with Gasteiger partial charge in [-0.05, 0) is 55.1 Å². The van der Waals surface area contributed by atoms with Gasteiger partial charge in [0.1, 0.15) is 5.75 Å². The third-order valence-electron chi connectivity index (χ3n) is 4.72. The van der Waals surface area contributed by atoms with Gasteiger partial charge in [0.2, 0.25) is 5.91 Å². The maximum absolute atomic E-state index is 12.4. The van der Waals surface area contributed by atoms with Crippen molar-refractivity contribution in [3.8, 4) is 5.75 Å². The molecular formula is C20H26N2O2S. The predicted molar refractivity (Wildman–Crippen MR) is 102 cm³/mol. The lowest BCUT2D eigenvalue weighted by molar-refractivity contribution is -0.120. The molecule has 4 nitrogen and oxygen atoms in total. The second-order valence-electron chi connectivity index (χ2n) is 6.46. The van der Waals surface area contributed by atoms with Gasteiger partial charge >= 0.3 is 0 Å². The molecule has 1 aliphatic rings. The Morgan fingerprint density at radius 2 is 1.96 bits per heavy atom. The van der Waals surface area contributed by atoms with Crippen LogP contribution in [0.5, 0.6) is 5.75 Å². The number of nitrogens with zero attached hydrogens (tertiary/aromatic N) is 1. The highest BCUT2D eigenvalue weighted by molar-refractivity contribution is 7.10. The summed E-state index contributed by atoms with van der Waals surface area (Å²) in [4.78, 5) is 16.2. The van der Waals surface area contributed by atoms with E-state index >= 15 is 0 Å². The minimum absolute atomic E-state index is 0.0729. The number of nitrogens with one attached hydrogen (secondary N) is 1. The molecule has 25 heavy (non-hydrogen) atoms. The van der Waals surface area contributed by atoms with Gasteiger partial charge in [0.25, 0.3) is 0 Å². The van der Waals surface area contributed by atoms with Crippen LogP contribution < -0.4 is 10.1 Å². The minimum Gasteiger partial charge on any atom is -0.497 e. The zero-order valence-corrected chi connectivity index (χ0v) is 15.6. The molecule has 0 radical (unpaired) electrons. The monoisotopic (exact) mass is 358 g/mol. The molecule has 1 aliphatic heterocycles. The summed E-state index contributed by atoms with van der Waals surface area (Å²) in [5.74, 6) is 0.885. The quantitative estimate of drug-likeness (QED) is 0.821. The van der Waals surface area contributed by atoms with Crippen LogP contribution in [0.25, 0.3) is 0 Å². The highest BCUT2D eigenvalue weighted by Crippen LogP contribution is 2.27. The van der Waals surface area contributed by atoms with Crippen LogP contribution in [0.3, 0.4) is 0 Å². The van der Waals surface area contributed by atoms with Crippen LogP contribution in [0.2, 0.25) is 0 Å². The molecular weight excluding hydrogens is 332 g/mol. The summed E-state index contributed by atoms with van der Waals surface area (Å²) < 4.78 is 5.16. The van der Waals surface area contributed by atoms with Crippen molar-refractivity contribution in [3.63, 3.8) is 0 Å². The molecule has 134 valence electrons. The molecule has 0 bridgehead atoms. The van der Waals surface area contributed by atoms with Crippen LogP contribution in [-0.2, 0) is 11.2 Å². The molecule has 1 aromatic heterocycles. The number of carbonyl (C=O) groups excluding carboxylic acids is 1. The second-order valence-corrected chi connectivity index (χ2v) is 7.44. The standard InChI is InChI=1S/C20H26N2O2S/c1-24-17-9-7-16(8-10-17)14-20(23)21-15-18(19-6-5-13-25-19)22-11-3-2-4-12-22/h5-10,13,18H,2-4,11-12,14-15H2,1H3,(H,21,23). The van der Waals surface area contributed by atoms with Crippen LogP contribution in [0.15, 0.2) is 41.8 Å². The average molecular weight is 359 g/mol. The van der Waals surface area contributed by atoms with Crippen molar-refractivity contribution in [3.05, 3.63) is 52.2 Å². The first kappa shape index (κ1) is 18.0. The van der Waals surface area contributed by atoms with Gasteiger partial charge in [-0.25, -0.2) is 0 Å². The Labute approximate surface area is 153 Å². The molecule has 5 heteroatoms. The van der Waals surface area contributed by atoms with Crippen molar-refractivity contribution < 1.29 is 9.53 Å². The fraction of sp³-hybridized carbons (Fsp3) is 0.450. The number of benzene rings is 1. The predicted octanol–water partition coefficient (Wildman–Crippen LogP) is 3.64. The Hall–Kier alpha value is -1.85. The normalized spacial score (nSPS) is 16.4. The summed E-state index contributed by atoms with van der Waals surface area (Å²) in [5, 5.41) is 5.26.